The van der Waals surface area contributed by atoms with Gasteiger partial charge in [-0.05, 0) is 36.8 Å². The second-order valence-electron chi connectivity index (χ2n) is 5.13. The minimum atomic E-state index is -0.526. The zero-order chi connectivity index (χ0) is 15.1. The molecule has 0 N–H and O–H groups in total. The molecule has 0 fully saturated rings. The van der Waals surface area contributed by atoms with Crippen molar-refractivity contribution >= 4 is 28.3 Å². The fourth-order valence-electron chi connectivity index (χ4n) is 2.47. The van der Waals surface area contributed by atoms with E-state index < -0.39 is 5.82 Å². The van der Waals surface area contributed by atoms with Crippen LogP contribution in [0.2, 0.25) is 5.02 Å². The van der Waals surface area contributed by atoms with Crippen LogP contribution in [-0.2, 0) is 7.05 Å². The van der Waals surface area contributed by atoms with Crippen LogP contribution in [0.5, 0.6) is 0 Å². The third kappa shape index (κ3) is 2.34. The van der Waals surface area contributed by atoms with Gasteiger partial charge in [0.1, 0.15) is 5.82 Å². The minimum Gasteiger partial charge on any atom is -0.350 e. The first-order valence-electron chi connectivity index (χ1n) is 6.53. The molecule has 3 rings (SSSR count). The molecule has 2 nitrogen and oxygen atoms in total. The summed E-state index contributed by atoms with van der Waals surface area (Å²) in [4.78, 5) is 12.6. The topological polar surface area (TPSA) is 22.0 Å². The molecule has 0 bridgehead atoms. The molecule has 0 aliphatic carbocycles. The number of benzene rings is 2. The van der Waals surface area contributed by atoms with Gasteiger partial charge in [-0.3, -0.25) is 4.79 Å². The quantitative estimate of drug-likeness (QED) is 0.638. The van der Waals surface area contributed by atoms with E-state index in [0.29, 0.717) is 11.1 Å². The number of fused-ring (bicyclic) bond motifs is 1. The number of aryl methyl sites for hydroxylation is 2. The second kappa shape index (κ2) is 5.01. The third-order valence-corrected chi connectivity index (χ3v) is 3.86. The summed E-state index contributed by atoms with van der Waals surface area (Å²) in [6, 6.07) is 9.97. The monoisotopic (exact) mass is 301 g/mol. The molecule has 3 aromatic rings. The van der Waals surface area contributed by atoms with E-state index in [9.17, 15) is 9.18 Å². The highest BCUT2D eigenvalue weighted by Gasteiger charge is 2.16. The Balaban J connectivity index is 2.15. The maximum atomic E-state index is 13.2. The van der Waals surface area contributed by atoms with Gasteiger partial charge in [0.15, 0.2) is 5.78 Å². The molecule has 0 spiro atoms. The van der Waals surface area contributed by atoms with E-state index in [2.05, 4.69) is 0 Å². The van der Waals surface area contributed by atoms with Gasteiger partial charge in [0.05, 0.1) is 5.02 Å². The van der Waals surface area contributed by atoms with Gasteiger partial charge in [0.25, 0.3) is 0 Å². The van der Waals surface area contributed by atoms with Crippen molar-refractivity contribution in [2.45, 2.75) is 6.92 Å². The Morgan fingerprint density at radius 3 is 2.67 bits per heavy atom. The van der Waals surface area contributed by atoms with E-state index in [-0.39, 0.29) is 10.8 Å². The van der Waals surface area contributed by atoms with Crippen molar-refractivity contribution in [3.8, 4) is 0 Å². The van der Waals surface area contributed by atoms with E-state index in [0.717, 1.165) is 16.5 Å². The third-order valence-electron chi connectivity index (χ3n) is 3.57. The van der Waals surface area contributed by atoms with E-state index in [1.807, 2.05) is 36.7 Å². The van der Waals surface area contributed by atoms with Crippen LogP contribution in [0, 0.1) is 12.7 Å². The van der Waals surface area contributed by atoms with Gasteiger partial charge in [-0.25, -0.2) is 4.39 Å². The predicted molar refractivity (Wildman–Crippen MR) is 82.5 cm³/mol. The zero-order valence-corrected chi connectivity index (χ0v) is 12.4. The largest absolute Gasteiger partial charge is 0.350 e. The van der Waals surface area contributed by atoms with E-state index in [4.69, 9.17) is 11.6 Å². The van der Waals surface area contributed by atoms with Gasteiger partial charge in [0, 0.05) is 35.3 Å². The van der Waals surface area contributed by atoms with Gasteiger partial charge < -0.3 is 4.57 Å². The maximum absolute atomic E-state index is 13.2. The number of rotatable bonds is 2. The molecule has 106 valence electrons. The molecule has 0 amide bonds. The summed E-state index contributed by atoms with van der Waals surface area (Å²) in [5.74, 6) is -0.687. The van der Waals surface area contributed by atoms with E-state index >= 15 is 0 Å². The van der Waals surface area contributed by atoms with Crippen LogP contribution < -0.4 is 0 Å². The van der Waals surface area contributed by atoms with Crippen molar-refractivity contribution in [3.05, 3.63) is 70.1 Å². The molecule has 0 radical (unpaired) electrons. The lowest BCUT2D eigenvalue weighted by molar-refractivity contribution is 0.104. The molecule has 4 heteroatoms. The number of carbonyl (C=O) groups is 1. The molecule has 0 unspecified atom stereocenters. The Hall–Kier alpha value is -2.13. The number of halogens is 2. The normalized spacial score (nSPS) is 11.0. The lowest BCUT2D eigenvalue weighted by atomic mass is 10.0. The summed E-state index contributed by atoms with van der Waals surface area (Å²) in [5, 5.41) is 0.838. The Morgan fingerprint density at radius 1 is 1.19 bits per heavy atom. The first kappa shape index (κ1) is 13.8. The van der Waals surface area contributed by atoms with Crippen molar-refractivity contribution in [2.24, 2.45) is 7.05 Å². The fraction of sp³-hybridized carbons (Fsp3) is 0.118. The number of hydrogen-bond acceptors (Lipinski definition) is 1. The number of nitrogens with zero attached hydrogens (tertiary/aromatic N) is 1. The van der Waals surface area contributed by atoms with Gasteiger partial charge in [-0.1, -0.05) is 23.7 Å². The van der Waals surface area contributed by atoms with Gasteiger partial charge >= 0.3 is 0 Å². The van der Waals surface area contributed by atoms with E-state index in [1.54, 1.807) is 6.20 Å². The van der Waals surface area contributed by atoms with Gasteiger partial charge in [-0.15, -0.1) is 0 Å². The molecule has 0 aliphatic rings. The van der Waals surface area contributed by atoms with E-state index in [1.165, 1.54) is 18.2 Å². The molecule has 0 atom stereocenters. The second-order valence-corrected chi connectivity index (χ2v) is 5.54. The highest BCUT2D eigenvalue weighted by molar-refractivity contribution is 6.31. The first-order valence-corrected chi connectivity index (χ1v) is 6.90. The number of aromatic nitrogens is 1. The van der Waals surface area contributed by atoms with Crippen LogP contribution in [0.15, 0.2) is 42.6 Å². The SMILES string of the molecule is Cc1ccc2c(C(=O)c3ccc(F)c(Cl)c3)cn(C)c2c1. The zero-order valence-electron chi connectivity index (χ0n) is 11.7. The number of hydrogen-bond donors (Lipinski definition) is 0. The van der Waals surface area contributed by atoms with Crippen LogP contribution in [0.1, 0.15) is 21.5 Å². The summed E-state index contributed by atoms with van der Waals surface area (Å²) in [7, 11) is 1.90. The van der Waals surface area contributed by atoms with Crippen LogP contribution >= 0.6 is 11.6 Å². The molecule has 1 heterocycles. The maximum Gasteiger partial charge on any atom is 0.195 e. The smallest absolute Gasteiger partial charge is 0.195 e. The molecular weight excluding hydrogens is 289 g/mol. The molecule has 21 heavy (non-hydrogen) atoms. The lowest BCUT2D eigenvalue weighted by Crippen LogP contribution is -2.01. The molecule has 0 aliphatic heterocycles. The Labute approximate surface area is 126 Å². The molecule has 0 saturated carbocycles. The number of ketones is 1. The molecule has 0 saturated heterocycles. The van der Waals surface area contributed by atoms with Crippen molar-refractivity contribution in [1.29, 1.82) is 0 Å². The van der Waals surface area contributed by atoms with Gasteiger partial charge in [0.2, 0.25) is 0 Å². The first-order chi connectivity index (χ1) is 9.97. The highest BCUT2D eigenvalue weighted by atomic mass is 35.5. The Bertz CT molecular complexity index is 867. The fourth-order valence-corrected chi connectivity index (χ4v) is 2.65. The van der Waals surface area contributed by atoms with Crippen molar-refractivity contribution in [3.63, 3.8) is 0 Å². The summed E-state index contributed by atoms with van der Waals surface area (Å²) < 4.78 is 15.1. The summed E-state index contributed by atoms with van der Waals surface area (Å²) >= 11 is 5.76. The van der Waals surface area contributed by atoms with Crippen molar-refractivity contribution < 1.29 is 9.18 Å². The highest BCUT2D eigenvalue weighted by Crippen LogP contribution is 2.25. The van der Waals surface area contributed by atoms with Crippen LogP contribution in [0.25, 0.3) is 10.9 Å². The average molecular weight is 302 g/mol. The molecular formula is C17H13ClFNO. The lowest BCUT2D eigenvalue weighted by Gasteiger charge is -2.02. The van der Waals surface area contributed by atoms with Crippen LogP contribution in [0.4, 0.5) is 4.39 Å². The van der Waals surface area contributed by atoms with Crippen molar-refractivity contribution in [1.82, 2.24) is 4.57 Å². The predicted octanol–water partition coefficient (Wildman–Crippen LogP) is 4.51. The van der Waals surface area contributed by atoms with Crippen LogP contribution in [0.3, 0.4) is 0 Å². The summed E-state index contributed by atoms with van der Waals surface area (Å²) in [6.45, 7) is 2.01. The molecule has 2 aromatic carbocycles. The van der Waals surface area contributed by atoms with Gasteiger partial charge in [-0.2, -0.15) is 0 Å². The molecule has 1 aromatic heterocycles. The Morgan fingerprint density at radius 2 is 1.95 bits per heavy atom. The van der Waals surface area contributed by atoms with Crippen molar-refractivity contribution in [2.75, 3.05) is 0 Å². The summed E-state index contributed by atoms with van der Waals surface area (Å²) in [5.41, 5.74) is 3.10. The Kier molecular flexibility index (Phi) is 3.30. The van der Waals surface area contributed by atoms with Crippen LogP contribution in [-0.4, -0.2) is 10.4 Å². The number of carbonyl (C=O) groups excluding carboxylic acids is 1. The average Bonchev–Trinajstić information content (AvgIpc) is 2.78. The standard InChI is InChI=1S/C17H13ClFNO/c1-10-3-5-12-13(9-20(2)16(12)7-10)17(21)11-4-6-15(19)14(18)8-11/h3-9H,1-2H3. The summed E-state index contributed by atoms with van der Waals surface area (Å²) in [6.07, 6.45) is 1.80. The minimum absolute atomic E-state index is 0.0445.